The number of aryl methyl sites for hydroxylation is 1. The number of rotatable bonds is 2. The summed E-state index contributed by atoms with van der Waals surface area (Å²) >= 11 is 0. The summed E-state index contributed by atoms with van der Waals surface area (Å²) < 4.78 is 33.5. The van der Waals surface area contributed by atoms with E-state index in [0.29, 0.717) is 18.6 Å². The maximum Gasteiger partial charge on any atom is 0.419 e. The van der Waals surface area contributed by atoms with Gasteiger partial charge in [-0.1, -0.05) is 0 Å². The first-order valence-electron chi connectivity index (χ1n) is 7.15. The van der Waals surface area contributed by atoms with E-state index in [1.54, 1.807) is 13.1 Å². The first kappa shape index (κ1) is 18.0. The van der Waals surface area contributed by atoms with E-state index in [-0.39, 0.29) is 35.0 Å². The van der Waals surface area contributed by atoms with Crippen molar-refractivity contribution in [3.05, 3.63) is 28.7 Å². The van der Waals surface area contributed by atoms with Crippen LogP contribution in [0.1, 0.15) is 13.8 Å². The van der Waals surface area contributed by atoms with Crippen molar-refractivity contribution < 1.29 is 12.8 Å². The zero-order chi connectivity index (χ0) is 16.1. The summed E-state index contributed by atoms with van der Waals surface area (Å²) in [5.74, 6) is -0.506. The lowest BCUT2D eigenvalue weighted by atomic mass is 10.2. The van der Waals surface area contributed by atoms with Crippen molar-refractivity contribution in [1.82, 2.24) is 14.2 Å². The predicted octanol–water partition coefficient (Wildman–Crippen LogP) is 0.924. The Morgan fingerprint density at radius 1 is 1.22 bits per heavy atom. The maximum atomic E-state index is 12.8. The molecule has 23 heavy (non-hydrogen) atoms. The van der Waals surface area contributed by atoms with Gasteiger partial charge in [0, 0.05) is 38.3 Å². The third-order valence-electron chi connectivity index (χ3n) is 3.93. The quantitative estimate of drug-likeness (QED) is 0.860. The SMILES string of the molecule is CC1CN(S(=O)(=O)c2ccc3c(c2)oc(=O)n3C)CC(C)N1.Cl. The van der Waals surface area contributed by atoms with Gasteiger partial charge in [0.2, 0.25) is 10.0 Å². The number of halogens is 1. The number of nitrogens with zero attached hydrogens (tertiary/aromatic N) is 2. The van der Waals surface area contributed by atoms with Crippen LogP contribution in [-0.4, -0.2) is 42.5 Å². The molecule has 9 heteroatoms. The first-order chi connectivity index (χ1) is 10.3. The highest BCUT2D eigenvalue weighted by atomic mass is 35.5. The molecule has 0 bridgehead atoms. The Morgan fingerprint density at radius 3 is 2.43 bits per heavy atom. The fourth-order valence-corrected chi connectivity index (χ4v) is 4.53. The third-order valence-corrected chi connectivity index (χ3v) is 5.75. The Hall–Kier alpha value is -1.35. The lowest BCUT2D eigenvalue weighted by Gasteiger charge is -2.35. The van der Waals surface area contributed by atoms with Crippen molar-refractivity contribution in [1.29, 1.82) is 0 Å². The predicted molar refractivity (Wildman–Crippen MR) is 89.5 cm³/mol. The number of hydrogen-bond acceptors (Lipinski definition) is 5. The molecule has 1 aliphatic rings. The van der Waals surface area contributed by atoms with Gasteiger partial charge in [-0.25, -0.2) is 13.2 Å². The lowest BCUT2D eigenvalue weighted by molar-refractivity contribution is 0.263. The van der Waals surface area contributed by atoms with Crippen LogP contribution < -0.4 is 11.1 Å². The van der Waals surface area contributed by atoms with Gasteiger partial charge in [0.25, 0.3) is 0 Å². The summed E-state index contributed by atoms with van der Waals surface area (Å²) in [6.07, 6.45) is 0. The number of fused-ring (bicyclic) bond motifs is 1. The fraction of sp³-hybridized carbons (Fsp3) is 0.500. The number of aromatic nitrogens is 1. The molecule has 1 saturated heterocycles. The second-order valence-corrected chi connectivity index (χ2v) is 7.79. The van der Waals surface area contributed by atoms with Crippen LogP contribution in [0.15, 0.2) is 32.3 Å². The van der Waals surface area contributed by atoms with Gasteiger partial charge >= 0.3 is 5.76 Å². The molecule has 2 aromatic rings. The van der Waals surface area contributed by atoms with Crippen molar-refractivity contribution in [3.63, 3.8) is 0 Å². The average molecular weight is 362 g/mol. The molecule has 1 N–H and O–H groups in total. The number of benzene rings is 1. The highest BCUT2D eigenvalue weighted by Crippen LogP contribution is 2.22. The van der Waals surface area contributed by atoms with E-state index in [1.807, 2.05) is 13.8 Å². The fourth-order valence-electron chi connectivity index (χ4n) is 2.90. The van der Waals surface area contributed by atoms with Crippen LogP contribution in [-0.2, 0) is 17.1 Å². The Balaban J connectivity index is 0.00000192. The van der Waals surface area contributed by atoms with Gasteiger partial charge in [-0.05, 0) is 26.0 Å². The third kappa shape index (κ3) is 3.16. The second kappa shape index (κ2) is 6.27. The number of piperazine rings is 1. The Morgan fingerprint density at radius 2 is 1.83 bits per heavy atom. The van der Waals surface area contributed by atoms with Crippen LogP contribution in [0, 0.1) is 0 Å². The molecule has 1 fully saturated rings. The molecular formula is C14H20ClN3O4S. The minimum atomic E-state index is -3.60. The normalized spacial score (nSPS) is 22.9. The molecule has 2 unspecified atom stereocenters. The van der Waals surface area contributed by atoms with Crippen molar-refractivity contribution in [3.8, 4) is 0 Å². The number of nitrogens with one attached hydrogen (secondary N) is 1. The summed E-state index contributed by atoms with van der Waals surface area (Å²) in [5, 5.41) is 3.30. The molecule has 7 nitrogen and oxygen atoms in total. The number of hydrogen-bond donors (Lipinski definition) is 1. The molecule has 2 heterocycles. The summed E-state index contributed by atoms with van der Waals surface area (Å²) in [7, 11) is -2.02. The molecule has 1 aromatic carbocycles. The topological polar surface area (TPSA) is 84.6 Å². The van der Waals surface area contributed by atoms with Crippen molar-refractivity contribution in [2.45, 2.75) is 30.8 Å². The van der Waals surface area contributed by atoms with E-state index in [4.69, 9.17) is 4.42 Å². The van der Waals surface area contributed by atoms with Crippen LogP contribution in [0.4, 0.5) is 0 Å². The van der Waals surface area contributed by atoms with Crippen LogP contribution in [0.3, 0.4) is 0 Å². The van der Waals surface area contributed by atoms with Crippen LogP contribution in [0.2, 0.25) is 0 Å². The van der Waals surface area contributed by atoms with E-state index in [1.165, 1.54) is 21.0 Å². The molecule has 0 amide bonds. The van der Waals surface area contributed by atoms with Gasteiger partial charge in [0.1, 0.15) is 0 Å². The Labute approximate surface area is 140 Å². The summed E-state index contributed by atoms with van der Waals surface area (Å²) in [6.45, 7) is 4.75. The standard InChI is InChI=1S/C14H19N3O4S.ClH/c1-9-7-17(8-10(2)15-9)22(19,20)11-4-5-12-13(6-11)21-14(18)16(12)3;/h4-6,9-10,15H,7-8H2,1-3H3;1H. The molecule has 1 aromatic heterocycles. The minimum absolute atomic E-state index is 0. The molecule has 0 spiro atoms. The molecule has 0 radical (unpaired) electrons. The van der Waals surface area contributed by atoms with Gasteiger partial charge < -0.3 is 9.73 Å². The van der Waals surface area contributed by atoms with Crippen LogP contribution in [0.5, 0.6) is 0 Å². The molecule has 0 aliphatic carbocycles. The van der Waals surface area contributed by atoms with E-state index in [9.17, 15) is 13.2 Å². The van der Waals surface area contributed by atoms with Gasteiger partial charge in [-0.15, -0.1) is 12.4 Å². The van der Waals surface area contributed by atoms with Crippen molar-refractivity contribution in [2.75, 3.05) is 13.1 Å². The number of oxazole rings is 1. The average Bonchev–Trinajstić information content (AvgIpc) is 2.72. The van der Waals surface area contributed by atoms with Crippen molar-refractivity contribution >= 4 is 33.5 Å². The molecule has 2 atom stereocenters. The summed E-state index contributed by atoms with van der Waals surface area (Å²) in [5.41, 5.74) is 0.857. The Bertz CT molecular complexity index is 864. The minimum Gasteiger partial charge on any atom is -0.408 e. The highest BCUT2D eigenvalue weighted by Gasteiger charge is 2.31. The largest absolute Gasteiger partial charge is 0.419 e. The summed E-state index contributed by atoms with van der Waals surface area (Å²) in [6, 6.07) is 4.73. The van der Waals surface area contributed by atoms with Gasteiger partial charge in [-0.3, -0.25) is 4.57 Å². The lowest BCUT2D eigenvalue weighted by Crippen LogP contribution is -2.55. The maximum absolute atomic E-state index is 12.8. The van der Waals surface area contributed by atoms with Crippen LogP contribution >= 0.6 is 12.4 Å². The Kier molecular flexibility index (Phi) is 4.91. The van der Waals surface area contributed by atoms with E-state index >= 15 is 0 Å². The summed E-state index contributed by atoms with van der Waals surface area (Å²) in [4.78, 5) is 11.7. The van der Waals surface area contributed by atoms with Crippen molar-refractivity contribution in [2.24, 2.45) is 7.05 Å². The zero-order valence-corrected chi connectivity index (χ0v) is 14.8. The van der Waals surface area contributed by atoms with E-state index in [2.05, 4.69) is 5.32 Å². The van der Waals surface area contributed by atoms with E-state index in [0.717, 1.165) is 0 Å². The molecule has 3 rings (SSSR count). The highest BCUT2D eigenvalue weighted by molar-refractivity contribution is 7.89. The molecule has 0 saturated carbocycles. The van der Waals surface area contributed by atoms with Gasteiger partial charge in [-0.2, -0.15) is 4.31 Å². The van der Waals surface area contributed by atoms with Gasteiger partial charge in [0.15, 0.2) is 5.58 Å². The molecule has 1 aliphatic heterocycles. The van der Waals surface area contributed by atoms with Crippen LogP contribution in [0.25, 0.3) is 11.1 Å². The monoisotopic (exact) mass is 361 g/mol. The van der Waals surface area contributed by atoms with E-state index < -0.39 is 15.8 Å². The second-order valence-electron chi connectivity index (χ2n) is 5.85. The molecular weight excluding hydrogens is 342 g/mol. The number of sulfonamides is 1. The zero-order valence-electron chi connectivity index (χ0n) is 13.1. The smallest absolute Gasteiger partial charge is 0.408 e. The molecule has 128 valence electrons. The van der Waals surface area contributed by atoms with Gasteiger partial charge in [0.05, 0.1) is 10.4 Å². The first-order valence-corrected chi connectivity index (χ1v) is 8.59.